The van der Waals surface area contributed by atoms with Gasteiger partial charge in [0.15, 0.2) is 0 Å². The van der Waals surface area contributed by atoms with Crippen molar-refractivity contribution in [3.8, 4) is 33.4 Å². The van der Waals surface area contributed by atoms with Crippen molar-refractivity contribution in [1.29, 1.82) is 0 Å². The van der Waals surface area contributed by atoms with Crippen LogP contribution in [0.4, 0.5) is 0 Å². The van der Waals surface area contributed by atoms with E-state index in [1.807, 2.05) is 36.4 Å². The van der Waals surface area contributed by atoms with Crippen LogP contribution in [0.3, 0.4) is 0 Å². The fourth-order valence-electron chi connectivity index (χ4n) is 5.93. The number of furan rings is 1. The molecule has 1 heteroatoms. The van der Waals surface area contributed by atoms with E-state index >= 15 is 0 Å². The summed E-state index contributed by atoms with van der Waals surface area (Å²) in [6, 6.07) is 3.04. The largest absolute Gasteiger partial charge is 0.455 e. The minimum absolute atomic E-state index is 0.132. The molecule has 0 amide bonds. The highest BCUT2D eigenvalue weighted by molar-refractivity contribution is 6.23. The van der Waals surface area contributed by atoms with E-state index in [0.29, 0.717) is 16.4 Å². The summed E-state index contributed by atoms with van der Waals surface area (Å²) in [5.74, 6) is 0. The third-order valence-electron chi connectivity index (χ3n) is 7.72. The molecule has 0 radical (unpaired) electrons. The van der Waals surface area contributed by atoms with Gasteiger partial charge >= 0.3 is 0 Å². The van der Waals surface area contributed by atoms with Crippen LogP contribution in [0, 0.1) is 0 Å². The van der Waals surface area contributed by atoms with Crippen LogP contribution < -0.4 is 0 Å². The third-order valence-corrected chi connectivity index (χ3v) is 7.72. The van der Waals surface area contributed by atoms with Gasteiger partial charge in [0.05, 0.1) is 23.3 Å². The highest BCUT2D eigenvalue weighted by Crippen LogP contribution is 2.47. The van der Waals surface area contributed by atoms with Crippen molar-refractivity contribution in [2.75, 3.05) is 0 Å². The molecule has 1 nitrogen and oxygen atoms in total. The normalized spacial score (nSPS) is 17.3. The van der Waals surface area contributed by atoms with Gasteiger partial charge in [-0.1, -0.05) is 151 Å². The van der Waals surface area contributed by atoms with E-state index in [1.165, 1.54) is 0 Å². The van der Waals surface area contributed by atoms with Crippen LogP contribution in [0.1, 0.15) is 23.3 Å². The molecule has 0 bridgehead atoms. The zero-order valence-corrected chi connectivity index (χ0v) is 22.1. The van der Waals surface area contributed by atoms with Crippen LogP contribution >= 0.6 is 0 Å². The van der Waals surface area contributed by atoms with E-state index in [9.17, 15) is 8.22 Å². The highest BCUT2D eigenvalue weighted by Gasteiger charge is 2.21. The van der Waals surface area contributed by atoms with Gasteiger partial charge in [0.2, 0.25) is 0 Å². The molecule has 0 spiro atoms. The molecule has 0 fully saturated rings. The van der Waals surface area contributed by atoms with E-state index < -0.39 is 147 Å². The van der Waals surface area contributed by atoms with E-state index in [2.05, 4.69) is 0 Å². The van der Waals surface area contributed by atoms with Crippen molar-refractivity contribution in [2.45, 2.75) is 0 Å². The summed E-state index contributed by atoms with van der Waals surface area (Å²) >= 11 is 0. The maximum atomic E-state index is 9.50. The Labute approximate surface area is 273 Å². The second kappa shape index (κ2) is 9.44. The van der Waals surface area contributed by atoms with Crippen molar-refractivity contribution in [3.05, 3.63) is 157 Å². The molecular formula is C42H26O. The molecule has 9 rings (SSSR count). The second-order valence-corrected chi connectivity index (χ2v) is 9.95. The topological polar surface area (TPSA) is 13.1 Å². The molecule has 9 aromatic rings. The van der Waals surface area contributed by atoms with Crippen LogP contribution in [0.15, 0.2) is 162 Å². The van der Waals surface area contributed by atoms with E-state index in [0.717, 1.165) is 10.8 Å². The summed E-state index contributed by atoms with van der Waals surface area (Å²) in [6.45, 7) is 0. The molecule has 8 aromatic carbocycles. The Bertz CT molecular complexity index is 3350. The first-order chi connectivity index (χ1) is 28.4. The molecule has 0 aliphatic rings. The summed E-state index contributed by atoms with van der Waals surface area (Å²) in [5.41, 5.74) is -1.32. The zero-order valence-electron chi connectivity index (χ0n) is 39.1. The lowest BCUT2D eigenvalue weighted by Gasteiger charge is -2.19. The maximum Gasteiger partial charge on any atom is 0.143 e. The predicted molar refractivity (Wildman–Crippen MR) is 183 cm³/mol. The molecule has 0 aliphatic carbocycles. The van der Waals surface area contributed by atoms with Crippen LogP contribution in [-0.2, 0) is 0 Å². The smallest absolute Gasteiger partial charge is 0.143 e. The van der Waals surface area contributed by atoms with Crippen LogP contribution in [-0.4, -0.2) is 0 Å². The summed E-state index contributed by atoms with van der Waals surface area (Å²) in [4.78, 5) is 0. The average Bonchev–Trinajstić information content (AvgIpc) is 3.64. The molecule has 0 unspecified atom stereocenters. The number of benzene rings is 8. The molecular weight excluding hydrogens is 520 g/mol. The second-order valence-electron chi connectivity index (χ2n) is 9.95. The first-order valence-electron chi connectivity index (χ1n) is 21.9. The van der Waals surface area contributed by atoms with Crippen molar-refractivity contribution >= 4 is 54.3 Å². The Hall–Kier alpha value is -5.66. The minimum atomic E-state index is -0.818. The lowest BCUT2D eigenvalue weighted by atomic mass is 9.83. The lowest BCUT2D eigenvalue weighted by Crippen LogP contribution is -1.92. The van der Waals surface area contributed by atoms with Crippen LogP contribution in [0.2, 0.25) is 0 Å². The van der Waals surface area contributed by atoms with Crippen molar-refractivity contribution < 1.29 is 27.7 Å². The Kier molecular flexibility index (Phi) is 2.79. The number of rotatable bonds is 3. The van der Waals surface area contributed by atoms with Gasteiger partial charge in [-0.2, -0.15) is 0 Å². The van der Waals surface area contributed by atoms with Gasteiger partial charge in [-0.3, -0.25) is 0 Å². The fourth-order valence-corrected chi connectivity index (χ4v) is 5.93. The summed E-state index contributed by atoms with van der Waals surface area (Å²) < 4.78 is 159. The fraction of sp³-hybridized carbons (Fsp3) is 0. The number of hydrogen-bond acceptors (Lipinski definition) is 1. The van der Waals surface area contributed by atoms with Gasteiger partial charge in [-0.25, -0.2) is 0 Å². The van der Waals surface area contributed by atoms with Gasteiger partial charge in [0.25, 0.3) is 0 Å². The standard InChI is InChI=1S/C42H26O/c1-2-14-28(15-3-1)39-32-19-8-10-21-34(32)40(35-22-11-9-20-33(35)39)31-18-7-6-17-30(31)36-23-12-24-37-38-26-25-27-13-4-5-16-29(27)41(38)43-42(36)37/h1-26H/i1D,2D,3D,6D,7D,8D,9D,10D,11D,14D,15D,17D,18D,19D,20D,21D,22D. The Balaban J connectivity index is 1.61. The van der Waals surface area contributed by atoms with E-state index in [1.54, 1.807) is 18.2 Å². The number of para-hydroxylation sites is 1. The summed E-state index contributed by atoms with van der Waals surface area (Å²) in [5, 5.41) is 0.936. The van der Waals surface area contributed by atoms with Crippen molar-refractivity contribution in [1.82, 2.24) is 0 Å². The molecule has 43 heavy (non-hydrogen) atoms. The average molecular weight is 564 g/mol. The molecule has 0 saturated carbocycles. The molecule has 1 heterocycles. The summed E-state index contributed by atoms with van der Waals surface area (Å²) in [7, 11) is 0. The molecule has 200 valence electrons. The van der Waals surface area contributed by atoms with Gasteiger partial charge in [0, 0.05) is 21.7 Å². The summed E-state index contributed by atoms with van der Waals surface area (Å²) in [6.07, 6.45) is 0. The zero-order chi connectivity index (χ0) is 43.1. The number of hydrogen-bond donors (Lipinski definition) is 0. The molecule has 0 saturated heterocycles. The van der Waals surface area contributed by atoms with Crippen LogP contribution in [0.5, 0.6) is 0 Å². The minimum Gasteiger partial charge on any atom is -0.455 e. The number of fused-ring (bicyclic) bond motifs is 7. The molecule has 0 aliphatic heterocycles. The van der Waals surface area contributed by atoms with Crippen molar-refractivity contribution in [2.24, 2.45) is 0 Å². The van der Waals surface area contributed by atoms with Crippen LogP contribution in [0.25, 0.3) is 87.6 Å². The Morgan fingerprint density at radius 2 is 0.953 bits per heavy atom. The van der Waals surface area contributed by atoms with Gasteiger partial charge in [-0.15, -0.1) is 0 Å². The first-order valence-corrected chi connectivity index (χ1v) is 13.4. The SMILES string of the molecule is [2H]c1c([2H])c([2H])c(-c2c3c([2H])c([2H])c([2H])c([2H])c3c(-c3c([2H])c([2H])c([2H])c([2H])c3-c3cccc4c3oc3c5ccccc5ccc43)c3c([2H])c([2H])c([2H])c([2H])c23)c([2H])c1[2H]. The van der Waals surface area contributed by atoms with Gasteiger partial charge < -0.3 is 4.42 Å². The maximum absolute atomic E-state index is 9.50. The Morgan fingerprint density at radius 3 is 1.70 bits per heavy atom. The van der Waals surface area contributed by atoms with Gasteiger partial charge in [0.1, 0.15) is 11.2 Å². The third kappa shape index (κ3) is 3.58. The van der Waals surface area contributed by atoms with E-state index in [4.69, 9.17) is 19.5 Å². The molecule has 0 atom stereocenters. The quantitative estimate of drug-likeness (QED) is 0.195. The van der Waals surface area contributed by atoms with E-state index in [-0.39, 0.29) is 16.7 Å². The lowest BCUT2D eigenvalue weighted by molar-refractivity contribution is 0.674. The monoisotopic (exact) mass is 563 g/mol. The molecule has 1 aromatic heterocycles. The highest BCUT2D eigenvalue weighted by atomic mass is 16.3. The first kappa shape index (κ1) is 12.7. The molecule has 0 N–H and O–H groups in total. The predicted octanol–water partition coefficient (Wildman–Crippen LogP) is 12.0. The Morgan fingerprint density at radius 1 is 0.372 bits per heavy atom. The van der Waals surface area contributed by atoms with Gasteiger partial charge in [-0.05, 0) is 60.8 Å². The van der Waals surface area contributed by atoms with Crippen molar-refractivity contribution in [3.63, 3.8) is 0 Å².